The van der Waals surface area contributed by atoms with Gasteiger partial charge < -0.3 is 5.32 Å². The van der Waals surface area contributed by atoms with Crippen LogP contribution in [0.15, 0.2) is 60.8 Å². The fourth-order valence-electron chi connectivity index (χ4n) is 3.01. The summed E-state index contributed by atoms with van der Waals surface area (Å²) in [6.07, 6.45) is -2.96. The van der Waals surface area contributed by atoms with Gasteiger partial charge in [-0.15, -0.1) is 0 Å². The first-order chi connectivity index (χ1) is 14.2. The minimum atomic E-state index is -4.45. The molecular weight excluding hydrogens is 400 g/mol. The van der Waals surface area contributed by atoms with Crippen LogP contribution in [-0.2, 0) is 13.2 Å². The molecule has 0 radical (unpaired) electrons. The predicted molar refractivity (Wildman–Crippen MR) is 103 cm³/mol. The largest absolute Gasteiger partial charge is 0.416 e. The van der Waals surface area contributed by atoms with Gasteiger partial charge in [0.25, 0.3) is 5.91 Å². The van der Waals surface area contributed by atoms with E-state index in [4.69, 9.17) is 0 Å². The number of nitrogens with one attached hydrogen (secondary N) is 1. The summed E-state index contributed by atoms with van der Waals surface area (Å²) in [5, 5.41) is 7.27. The molecular formula is C21H14F4N4O. The quantitative estimate of drug-likeness (QED) is 0.478. The molecule has 0 saturated carbocycles. The Morgan fingerprint density at radius 3 is 2.33 bits per heavy atom. The molecule has 0 spiro atoms. The molecule has 0 atom stereocenters. The lowest BCUT2D eigenvalue weighted by atomic mass is 10.0. The first kappa shape index (κ1) is 19.6. The second-order valence-corrected chi connectivity index (χ2v) is 6.60. The molecule has 2 heterocycles. The Balaban J connectivity index is 1.76. The molecule has 0 aliphatic carbocycles. The third-order valence-electron chi connectivity index (χ3n) is 4.56. The lowest BCUT2D eigenvalue weighted by molar-refractivity contribution is -0.137. The summed E-state index contributed by atoms with van der Waals surface area (Å²) in [6, 6.07) is 11.3. The maximum atomic E-state index is 13.1. The van der Waals surface area contributed by atoms with Crippen LogP contribution in [0.3, 0.4) is 0 Å². The smallest absolute Gasteiger partial charge is 0.322 e. The van der Waals surface area contributed by atoms with Crippen molar-refractivity contribution in [3.05, 3.63) is 77.7 Å². The number of aromatic nitrogens is 3. The van der Waals surface area contributed by atoms with Crippen molar-refractivity contribution in [2.75, 3.05) is 5.32 Å². The van der Waals surface area contributed by atoms with Gasteiger partial charge in [0.1, 0.15) is 5.82 Å². The summed E-state index contributed by atoms with van der Waals surface area (Å²) in [7, 11) is 1.65. The Labute approximate surface area is 168 Å². The molecule has 4 rings (SSSR count). The second kappa shape index (κ2) is 7.25. The van der Waals surface area contributed by atoms with Gasteiger partial charge in [0.2, 0.25) is 0 Å². The van der Waals surface area contributed by atoms with Gasteiger partial charge in [0.15, 0.2) is 5.65 Å². The minimum Gasteiger partial charge on any atom is -0.322 e. The van der Waals surface area contributed by atoms with Crippen molar-refractivity contribution in [2.45, 2.75) is 6.18 Å². The Bertz CT molecular complexity index is 1230. The van der Waals surface area contributed by atoms with Crippen molar-refractivity contribution < 1.29 is 22.4 Å². The fourth-order valence-corrected chi connectivity index (χ4v) is 3.01. The number of hydrogen-bond acceptors (Lipinski definition) is 3. The van der Waals surface area contributed by atoms with E-state index in [-0.39, 0.29) is 5.56 Å². The molecule has 1 N–H and O–H groups in total. The molecule has 4 aromatic rings. The maximum absolute atomic E-state index is 13.1. The highest BCUT2D eigenvalue weighted by Crippen LogP contribution is 2.31. The van der Waals surface area contributed by atoms with Crippen molar-refractivity contribution in [3.63, 3.8) is 0 Å². The molecule has 0 fully saturated rings. The Hall–Kier alpha value is -3.75. The number of hydrogen-bond donors (Lipinski definition) is 1. The number of nitrogens with zero attached hydrogens (tertiary/aromatic N) is 3. The van der Waals surface area contributed by atoms with E-state index in [1.807, 2.05) is 0 Å². The van der Waals surface area contributed by atoms with E-state index < -0.39 is 23.5 Å². The molecule has 30 heavy (non-hydrogen) atoms. The number of anilines is 1. The van der Waals surface area contributed by atoms with Crippen LogP contribution in [0, 0.1) is 5.82 Å². The predicted octanol–water partition coefficient (Wildman–Crippen LogP) is 5.05. The molecule has 0 aliphatic rings. The number of rotatable bonds is 3. The third kappa shape index (κ3) is 3.73. The number of halogens is 4. The summed E-state index contributed by atoms with van der Waals surface area (Å²) in [5.74, 6) is -0.911. The van der Waals surface area contributed by atoms with E-state index in [1.54, 1.807) is 7.05 Å². The van der Waals surface area contributed by atoms with Gasteiger partial charge in [-0.25, -0.2) is 9.37 Å². The Morgan fingerprint density at radius 1 is 1.03 bits per heavy atom. The van der Waals surface area contributed by atoms with E-state index >= 15 is 0 Å². The number of alkyl halides is 3. The van der Waals surface area contributed by atoms with E-state index in [9.17, 15) is 22.4 Å². The van der Waals surface area contributed by atoms with Crippen LogP contribution >= 0.6 is 0 Å². The number of fused-ring (bicyclic) bond motifs is 1. The molecule has 5 nitrogen and oxygen atoms in total. The first-order valence-corrected chi connectivity index (χ1v) is 8.80. The van der Waals surface area contributed by atoms with Crippen LogP contribution in [0.4, 0.5) is 23.2 Å². The summed E-state index contributed by atoms with van der Waals surface area (Å²) in [5.41, 5.74) is 1.00. The molecule has 152 valence electrons. The van der Waals surface area contributed by atoms with Crippen LogP contribution in [0.5, 0.6) is 0 Å². The van der Waals surface area contributed by atoms with Crippen molar-refractivity contribution in [1.29, 1.82) is 0 Å². The van der Waals surface area contributed by atoms with Crippen molar-refractivity contribution in [3.8, 4) is 11.3 Å². The van der Waals surface area contributed by atoms with Crippen LogP contribution in [-0.4, -0.2) is 20.7 Å². The van der Waals surface area contributed by atoms with Gasteiger partial charge in [0, 0.05) is 18.3 Å². The number of amides is 1. The second-order valence-electron chi connectivity index (χ2n) is 6.60. The highest BCUT2D eigenvalue weighted by molar-refractivity contribution is 6.12. The van der Waals surface area contributed by atoms with Crippen LogP contribution < -0.4 is 5.32 Å². The average molecular weight is 414 g/mol. The van der Waals surface area contributed by atoms with E-state index in [2.05, 4.69) is 15.4 Å². The molecule has 0 unspecified atom stereocenters. The fraction of sp³-hybridized carbons (Fsp3) is 0.0952. The van der Waals surface area contributed by atoms with E-state index in [0.717, 1.165) is 12.1 Å². The summed E-state index contributed by atoms with van der Waals surface area (Å²) in [4.78, 5) is 17.3. The highest BCUT2D eigenvalue weighted by Gasteiger charge is 2.30. The summed E-state index contributed by atoms with van der Waals surface area (Å²) < 4.78 is 53.1. The molecule has 0 saturated heterocycles. The average Bonchev–Trinajstić information content (AvgIpc) is 3.09. The first-order valence-electron chi connectivity index (χ1n) is 8.80. The molecule has 2 aromatic carbocycles. The molecule has 0 aliphatic heterocycles. The summed E-state index contributed by atoms with van der Waals surface area (Å²) in [6.45, 7) is 0. The van der Waals surface area contributed by atoms with Gasteiger partial charge in [-0.2, -0.15) is 18.3 Å². The van der Waals surface area contributed by atoms with Gasteiger partial charge >= 0.3 is 6.18 Å². The monoisotopic (exact) mass is 414 g/mol. The minimum absolute atomic E-state index is 0.243. The maximum Gasteiger partial charge on any atom is 0.416 e. The zero-order valence-corrected chi connectivity index (χ0v) is 15.5. The van der Waals surface area contributed by atoms with Crippen molar-refractivity contribution >= 4 is 22.6 Å². The lowest BCUT2D eigenvalue weighted by Gasteiger charge is -2.10. The van der Waals surface area contributed by atoms with Gasteiger partial charge in [-0.1, -0.05) is 12.1 Å². The SMILES string of the molecule is Cn1ncc2c(C(=O)Nc3ccc(F)cc3)cc(-c3ccc(C(F)(F)F)cc3)nc21. The van der Waals surface area contributed by atoms with Gasteiger partial charge in [-0.05, 0) is 42.5 Å². The molecule has 2 aromatic heterocycles. The number of benzene rings is 2. The van der Waals surface area contributed by atoms with Crippen molar-refractivity contribution in [1.82, 2.24) is 14.8 Å². The Morgan fingerprint density at radius 2 is 1.70 bits per heavy atom. The molecule has 9 heteroatoms. The van der Waals surface area contributed by atoms with Crippen LogP contribution in [0.1, 0.15) is 15.9 Å². The Kier molecular flexibility index (Phi) is 4.73. The standard InChI is InChI=1S/C21H14F4N4O/c1-29-19-17(11-26-29)16(20(30)27-15-8-6-14(22)7-9-15)10-18(28-19)12-2-4-13(5-3-12)21(23,24)25/h2-11H,1H3,(H,27,30). The number of carbonyl (C=O) groups is 1. The van der Waals surface area contributed by atoms with Gasteiger partial charge in [-0.3, -0.25) is 9.48 Å². The summed E-state index contributed by atoms with van der Waals surface area (Å²) >= 11 is 0. The normalized spacial score (nSPS) is 11.6. The van der Waals surface area contributed by atoms with E-state index in [0.29, 0.717) is 28.0 Å². The number of pyridine rings is 1. The third-order valence-corrected chi connectivity index (χ3v) is 4.56. The highest BCUT2D eigenvalue weighted by atomic mass is 19.4. The van der Waals surface area contributed by atoms with Crippen LogP contribution in [0.2, 0.25) is 0 Å². The zero-order valence-electron chi connectivity index (χ0n) is 15.5. The zero-order chi connectivity index (χ0) is 21.5. The van der Waals surface area contributed by atoms with Gasteiger partial charge in [0.05, 0.1) is 28.4 Å². The molecule has 0 bridgehead atoms. The molecule has 1 amide bonds. The number of aryl methyl sites for hydroxylation is 1. The van der Waals surface area contributed by atoms with E-state index in [1.165, 1.54) is 53.3 Å². The number of carbonyl (C=O) groups excluding carboxylic acids is 1. The lowest BCUT2D eigenvalue weighted by Crippen LogP contribution is -2.13. The van der Waals surface area contributed by atoms with Crippen molar-refractivity contribution in [2.24, 2.45) is 7.05 Å². The van der Waals surface area contributed by atoms with Crippen LogP contribution in [0.25, 0.3) is 22.3 Å². The topological polar surface area (TPSA) is 59.8 Å².